The number of nitrogens with two attached hydrogens (primary N) is 1. The number of aryl methyl sites for hydroxylation is 1. The van der Waals surface area contributed by atoms with Gasteiger partial charge in [0.15, 0.2) is 5.13 Å². The van der Waals surface area contributed by atoms with Crippen molar-refractivity contribution >= 4 is 22.4 Å². The average molecular weight is 247 g/mol. The Bertz CT molecular complexity index is 519. The number of carbonyl (C=O) groups is 1. The van der Waals surface area contributed by atoms with Gasteiger partial charge in [0.05, 0.1) is 0 Å². The standard InChI is InChI=1S/C12H13N3OS/c1-8-2-4-9(5-3-8)6-14-11(16)10-7-17-12(13)15-10/h2-5,7H,6H2,1H3,(H2,13,15)(H,14,16). The quantitative estimate of drug-likeness (QED) is 0.871. The van der Waals surface area contributed by atoms with Gasteiger partial charge in [0.25, 0.3) is 5.91 Å². The van der Waals surface area contributed by atoms with Crippen LogP contribution in [0.3, 0.4) is 0 Å². The van der Waals surface area contributed by atoms with Gasteiger partial charge in [-0.2, -0.15) is 0 Å². The Morgan fingerprint density at radius 2 is 2.12 bits per heavy atom. The fourth-order valence-corrected chi connectivity index (χ4v) is 1.91. The van der Waals surface area contributed by atoms with Gasteiger partial charge < -0.3 is 11.1 Å². The topological polar surface area (TPSA) is 68.0 Å². The first-order valence-corrected chi connectivity index (χ1v) is 6.08. The molecule has 0 spiro atoms. The Hall–Kier alpha value is -1.88. The summed E-state index contributed by atoms with van der Waals surface area (Å²) in [7, 11) is 0. The summed E-state index contributed by atoms with van der Waals surface area (Å²) < 4.78 is 0. The lowest BCUT2D eigenvalue weighted by molar-refractivity contribution is 0.0946. The van der Waals surface area contributed by atoms with Crippen molar-refractivity contribution in [2.24, 2.45) is 0 Å². The van der Waals surface area contributed by atoms with Gasteiger partial charge in [0.1, 0.15) is 5.69 Å². The Morgan fingerprint density at radius 1 is 1.41 bits per heavy atom. The molecule has 88 valence electrons. The van der Waals surface area contributed by atoms with Gasteiger partial charge in [0.2, 0.25) is 0 Å². The molecule has 0 bridgehead atoms. The minimum atomic E-state index is -0.196. The first kappa shape index (κ1) is 11.6. The highest BCUT2D eigenvalue weighted by Gasteiger charge is 2.08. The molecule has 1 aromatic carbocycles. The summed E-state index contributed by atoms with van der Waals surface area (Å²) >= 11 is 1.26. The van der Waals surface area contributed by atoms with Gasteiger partial charge in [-0.3, -0.25) is 4.79 Å². The van der Waals surface area contributed by atoms with Gasteiger partial charge in [-0.1, -0.05) is 29.8 Å². The molecule has 1 aromatic heterocycles. The molecule has 0 aliphatic heterocycles. The van der Waals surface area contributed by atoms with E-state index in [9.17, 15) is 4.79 Å². The third-order valence-electron chi connectivity index (χ3n) is 2.33. The van der Waals surface area contributed by atoms with Crippen LogP contribution in [0.4, 0.5) is 5.13 Å². The number of nitrogens with zero attached hydrogens (tertiary/aromatic N) is 1. The van der Waals surface area contributed by atoms with Crippen molar-refractivity contribution in [1.82, 2.24) is 10.3 Å². The molecule has 1 heterocycles. The summed E-state index contributed by atoms with van der Waals surface area (Å²) in [6, 6.07) is 8.01. The Morgan fingerprint density at radius 3 is 2.71 bits per heavy atom. The van der Waals surface area contributed by atoms with Crippen LogP contribution in [-0.4, -0.2) is 10.9 Å². The molecule has 5 heteroatoms. The van der Waals surface area contributed by atoms with Crippen molar-refractivity contribution in [3.05, 3.63) is 46.5 Å². The second-order valence-corrected chi connectivity index (χ2v) is 4.63. The number of rotatable bonds is 3. The molecule has 0 aliphatic carbocycles. The first-order chi connectivity index (χ1) is 8.15. The van der Waals surface area contributed by atoms with Crippen molar-refractivity contribution < 1.29 is 4.79 Å². The maximum atomic E-state index is 11.7. The molecule has 1 amide bonds. The summed E-state index contributed by atoms with van der Waals surface area (Å²) in [5.41, 5.74) is 8.11. The van der Waals surface area contributed by atoms with Crippen molar-refractivity contribution in [2.45, 2.75) is 13.5 Å². The smallest absolute Gasteiger partial charge is 0.271 e. The summed E-state index contributed by atoms with van der Waals surface area (Å²) in [6.45, 7) is 2.52. The zero-order chi connectivity index (χ0) is 12.3. The van der Waals surface area contributed by atoms with Crippen LogP contribution in [0.15, 0.2) is 29.6 Å². The van der Waals surface area contributed by atoms with Gasteiger partial charge in [-0.05, 0) is 12.5 Å². The lowest BCUT2D eigenvalue weighted by Crippen LogP contribution is -2.23. The van der Waals surface area contributed by atoms with Crippen molar-refractivity contribution in [1.29, 1.82) is 0 Å². The van der Waals surface area contributed by atoms with E-state index in [1.807, 2.05) is 31.2 Å². The van der Waals surface area contributed by atoms with E-state index in [1.54, 1.807) is 5.38 Å². The van der Waals surface area contributed by atoms with Crippen molar-refractivity contribution in [2.75, 3.05) is 5.73 Å². The Kier molecular flexibility index (Phi) is 3.39. The lowest BCUT2D eigenvalue weighted by atomic mass is 10.1. The molecule has 4 nitrogen and oxygen atoms in total. The first-order valence-electron chi connectivity index (χ1n) is 5.20. The van der Waals surface area contributed by atoms with Gasteiger partial charge in [-0.25, -0.2) is 4.98 Å². The number of hydrogen-bond acceptors (Lipinski definition) is 4. The molecular formula is C12H13N3OS. The highest BCUT2D eigenvalue weighted by atomic mass is 32.1. The second-order valence-electron chi connectivity index (χ2n) is 3.74. The number of benzene rings is 1. The predicted molar refractivity (Wildman–Crippen MR) is 68.9 cm³/mol. The SMILES string of the molecule is Cc1ccc(CNC(=O)c2csc(N)n2)cc1. The van der Waals surface area contributed by atoms with Crippen LogP contribution in [0, 0.1) is 6.92 Å². The number of nitrogens with one attached hydrogen (secondary N) is 1. The number of nitrogen functional groups attached to an aromatic ring is 1. The van der Waals surface area contributed by atoms with E-state index in [0.29, 0.717) is 17.4 Å². The molecule has 0 saturated heterocycles. The van der Waals surface area contributed by atoms with Crippen LogP contribution in [0.2, 0.25) is 0 Å². The third kappa shape index (κ3) is 3.04. The Balaban J connectivity index is 1.94. The maximum Gasteiger partial charge on any atom is 0.271 e. The minimum absolute atomic E-state index is 0.196. The molecule has 17 heavy (non-hydrogen) atoms. The zero-order valence-corrected chi connectivity index (χ0v) is 10.3. The molecular weight excluding hydrogens is 234 g/mol. The number of thiazole rings is 1. The van der Waals surface area contributed by atoms with Crippen molar-refractivity contribution in [3.63, 3.8) is 0 Å². The lowest BCUT2D eigenvalue weighted by Gasteiger charge is -2.03. The number of amides is 1. The van der Waals surface area contributed by atoms with E-state index in [1.165, 1.54) is 16.9 Å². The highest BCUT2D eigenvalue weighted by molar-refractivity contribution is 7.13. The number of anilines is 1. The van der Waals surface area contributed by atoms with Crippen LogP contribution in [0.1, 0.15) is 21.6 Å². The van der Waals surface area contributed by atoms with Gasteiger partial charge in [0, 0.05) is 11.9 Å². The van der Waals surface area contributed by atoms with E-state index < -0.39 is 0 Å². The normalized spacial score (nSPS) is 10.2. The fourth-order valence-electron chi connectivity index (χ4n) is 1.37. The molecule has 0 aliphatic rings. The molecule has 0 atom stereocenters. The average Bonchev–Trinajstić information content (AvgIpc) is 2.75. The minimum Gasteiger partial charge on any atom is -0.375 e. The summed E-state index contributed by atoms with van der Waals surface area (Å²) in [5.74, 6) is -0.196. The highest BCUT2D eigenvalue weighted by Crippen LogP contribution is 2.11. The van der Waals surface area contributed by atoms with E-state index in [2.05, 4.69) is 10.3 Å². The summed E-state index contributed by atoms with van der Waals surface area (Å²) in [5, 5.41) is 4.86. The number of carbonyl (C=O) groups excluding carboxylic acids is 1. The third-order valence-corrected chi connectivity index (χ3v) is 3.00. The maximum absolute atomic E-state index is 11.7. The Labute approximate surface area is 103 Å². The molecule has 2 rings (SSSR count). The van der Waals surface area contributed by atoms with E-state index in [4.69, 9.17) is 5.73 Å². The zero-order valence-electron chi connectivity index (χ0n) is 9.43. The van der Waals surface area contributed by atoms with Crippen LogP contribution in [0.25, 0.3) is 0 Å². The number of hydrogen-bond donors (Lipinski definition) is 2. The molecule has 0 fully saturated rings. The molecule has 0 radical (unpaired) electrons. The van der Waals surface area contributed by atoms with E-state index >= 15 is 0 Å². The molecule has 3 N–H and O–H groups in total. The largest absolute Gasteiger partial charge is 0.375 e. The second kappa shape index (κ2) is 4.97. The molecule has 0 unspecified atom stereocenters. The fraction of sp³-hybridized carbons (Fsp3) is 0.167. The van der Waals surface area contributed by atoms with E-state index in [0.717, 1.165) is 5.56 Å². The van der Waals surface area contributed by atoms with Gasteiger partial charge >= 0.3 is 0 Å². The number of aromatic nitrogens is 1. The van der Waals surface area contributed by atoms with Crippen LogP contribution < -0.4 is 11.1 Å². The predicted octanol–water partition coefficient (Wildman–Crippen LogP) is 1.96. The molecule has 0 saturated carbocycles. The monoisotopic (exact) mass is 247 g/mol. The van der Waals surface area contributed by atoms with Crippen LogP contribution >= 0.6 is 11.3 Å². The van der Waals surface area contributed by atoms with Gasteiger partial charge in [-0.15, -0.1) is 11.3 Å². The van der Waals surface area contributed by atoms with E-state index in [-0.39, 0.29) is 5.91 Å². The van der Waals surface area contributed by atoms with Crippen LogP contribution in [-0.2, 0) is 6.54 Å². The molecule has 2 aromatic rings. The van der Waals surface area contributed by atoms with Crippen LogP contribution in [0.5, 0.6) is 0 Å². The summed E-state index contributed by atoms with van der Waals surface area (Å²) in [6.07, 6.45) is 0. The summed E-state index contributed by atoms with van der Waals surface area (Å²) in [4.78, 5) is 15.6. The van der Waals surface area contributed by atoms with Crippen molar-refractivity contribution in [3.8, 4) is 0 Å².